The monoisotopic (exact) mass is 260 g/mol. The summed E-state index contributed by atoms with van der Waals surface area (Å²) in [6, 6.07) is 7.97. The summed E-state index contributed by atoms with van der Waals surface area (Å²) in [6.07, 6.45) is 1.01. The minimum absolute atomic E-state index is 0.136. The maximum Gasteiger partial charge on any atom is 0.233 e. The van der Waals surface area contributed by atoms with Crippen LogP contribution in [0.5, 0.6) is 5.75 Å². The van der Waals surface area contributed by atoms with Gasteiger partial charge in [-0.2, -0.15) is 0 Å². The van der Waals surface area contributed by atoms with E-state index in [0.717, 1.165) is 30.8 Å². The Morgan fingerprint density at radius 1 is 1.47 bits per heavy atom. The van der Waals surface area contributed by atoms with Gasteiger partial charge in [-0.3, -0.25) is 4.79 Å². The minimum Gasteiger partial charge on any atom is -0.492 e. The van der Waals surface area contributed by atoms with Gasteiger partial charge in [0.05, 0.1) is 0 Å². The van der Waals surface area contributed by atoms with Crippen LogP contribution >= 0.6 is 0 Å². The molecule has 2 heterocycles. The molecule has 0 saturated carbocycles. The third kappa shape index (κ3) is 2.21. The second-order valence-corrected chi connectivity index (χ2v) is 5.59. The van der Waals surface area contributed by atoms with Gasteiger partial charge in [0.1, 0.15) is 18.3 Å². The van der Waals surface area contributed by atoms with Crippen LogP contribution in [0.3, 0.4) is 0 Å². The van der Waals surface area contributed by atoms with Gasteiger partial charge in [0, 0.05) is 24.7 Å². The molecule has 1 fully saturated rings. The van der Waals surface area contributed by atoms with Crippen molar-refractivity contribution in [2.75, 3.05) is 19.7 Å². The van der Waals surface area contributed by atoms with E-state index in [2.05, 4.69) is 0 Å². The average Bonchev–Trinajstić information content (AvgIpc) is 3.05. The second-order valence-electron chi connectivity index (χ2n) is 5.59. The molecule has 3 atom stereocenters. The lowest BCUT2D eigenvalue weighted by Crippen LogP contribution is -2.36. The van der Waals surface area contributed by atoms with E-state index in [0.29, 0.717) is 12.5 Å². The van der Waals surface area contributed by atoms with Crippen LogP contribution in [-0.2, 0) is 4.79 Å². The zero-order valence-corrected chi connectivity index (χ0v) is 11.2. The van der Waals surface area contributed by atoms with Crippen molar-refractivity contribution < 1.29 is 9.53 Å². The SMILES string of the molecule is CC(N)C1CCN(C(=O)C2COc3ccccc32)C1. The summed E-state index contributed by atoms with van der Waals surface area (Å²) in [4.78, 5) is 14.5. The number of hydrogen-bond donors (Lipinski definition) is 1. The molecule has 1 amide bonds. The molecule has 0 radical (unpaired) electrons. The van der Waals surface area contributed by atoms with Crippen molar-refractivity contribution in [1.29, 1.82) is 0 Å². The topological polar surface area (TPSA) is 55.6 Å². The molecular weight excluding hydrogens is 240 g/mol. The van der Waals surface area contributed by atoms with Crippen molar-refractivity contribution >= 4 is 5.91 Å². The Balaban J connectivity index is 1.73. The molecule has 1 aromatic carbocycles. The summed E-state index contributed by atoms with van der Waals surface area (Å²) >= 11 is 0. The summed E-state index contributed by atoms with van der Waals surface area (Å²) in [6.45, 7) is 4.10. The number of amides is 1. The molecular formula is C15H20N2O2. The van der Waals surface area contributed by atoms with Gasteiger partial charge in [-0.05, 0) is 25.3 Å². The normalized spacial score (nSPS) is 26.9. The molecule has 0 spiro atoms. The van der Waals surface area contributed by atoms with E-state index in [-0.39, 0.29) is 17.9 Å². The van der Waals surface area contributed by atoms with E-state index in [4.69, 9.17) is 10.5 Å². The standard InChI is InChI=1S/C15H20N2O2/c1-10(16)11-6-7-17(8-11)15(18)13-9-19-14-5-3-2-4-12(13)14/h2-5,10-11,13H,6-9,16H2,1H3. The number of ether oxygens (including phenoxy) is 1. The number of rotatable bonds is 2. The summed E-state index contributed by atoms with van der Waals surface area (Å²) in [5.74, 6) is 1.33. The number of para-hydroxylation sites is 1. The smallest absolute Gasteiger partial charge is 0.233 e. The van der Waals surface area contributed by atoms with Crippen molar-refractivity contribution in [3.05, 3.63) is 29.8 Å². The first kappa shape index (κ1) is 12.5. The molecule has 2 aliphatic heterocycles. The van der Waals surface area contributed by atoms with Gasteiger partial charge in [-0.25, -0.2) is 0 Å². The van der Waals surface area contributed by atoms with Gasteiger partial charge in [-0.1, -0.05) is 18.2 Å². The third-order valence-corrected chi connectivity index (χ3v) is 4.28. The highest BCUT2D eigenvalue weighted by Gasteiger charge is 2.36. The molecule has 3 rings (SSSR count). The van der Waals surface area contributed by atoms with Gasteiger partial charge >= 0.3 is 0 Å². The Kier molecular flexibility index (Phi) is 3.19. The highest BCUT2D eigenvalue weighted by Crippen LogP contribution is 2.35. The van der Waals surface area contributed by atoms with Crippen LogP contribution in [0.4, 0.5) is 0 Å². The van der Waals surface area contributed by atoms with E-state index in [1.807, 2.05) is 36.1 Å². The molecule has 1 saturated heterocycles. The number of nitrogens with two attached hydrogens (primary N) is 1. The first-order valence-electron chi connectivity index (χ1n) is 6.93. The lowest BCUT2D eigenvalue weighted by Gasteiger charge is -2.21. The van der Waals surface area contributed by atoms with Crippen LogP contribution in [-0.4, -0.2) is 36.5 Å². The molecule has 19 heavy (non-hydrogen) atoms. The van der Waals surface area contributed by atoms with E-state index in [1.165, 1.54) is 0 Å². The largest absolute Gasteiger partial charge is 0.492 e. The van der Waals surface area contributed by atoms with Gasteiger partial charge in [-0.15, -0.1) is 0 Å². The quantitative estimate of drug-likeness (QED) is 0.873. The van der Waals surface area contributed by atoms with Crippen LogP contribution in [0.1, 0.15) is 24.8 Å². The van der Waals surface area contributed by atoms with Gasteiger partial charge in [0.15, 0.2) is 0 Å². The molecule has 1 aromatic rings. The van der Waals surface area contributed by atoms with E-state index in [9.17, 15) is 4.79 Å². The second kappa shape index (κ2) is 4.85. The fraction of sp³-hybridized carbons (Fsp3) is 0.533. The van der Waals surface area contributed by atoms with Crippen molar-refractivity contribution in [2.24, 2.45) is 11.7 Å². The summed E-state index contributed by atoms with van der Waals surface area (Å²) in [5, 5.41) is 0. The predicted molar refractivity (Wildman–Crippen MR) is 73.0 cm³/mol. The zero-order valence-electron chi connectivity index (χ0n) is 11.2. The van der Waals surface area contributed by atoms with Gasteiger partial charge in [0.25, 0.3) is 0 Å². The van der Waals surface area contributed by atoms with Gasteiger partial charge in [0.2, 0.25) is 5.91 Å². The molecule has 4 nitrogen and oxygen atoms in total. The number of benzene rings is 1. The molecule has 2 N–H and O–H groups in total. The number of carbonyl (C=O) groups is 1. The molecule has 102 valence electrons. The average molecular weight is 260 g/mol. The van der Waals surface area contributed by atoms with Crippen LogP contribution in [0.25, 0.3) is 0 Å². The number of hydrogen-bond acceptors (Lipinski definition) is 3. The number of likely N-dealkylation sites (tertiary alicyclic amines) is 1. The van der Waals surface area contributed by atoms with Crippen molar-refractivity contribution in [3.63, 3.8) is 0 Å². The lowest BCUT2D eigenvalue weighted by molar-refractivity contribution is -0.132. The Morgan fingerprint density at radius 2 is 2.26 bits per heavy atom. The van der Waals surface area contributed by atoms with Crippen molar-refractivity contribution in [2.45, 2.75) is 25.3 Å². The molecule has 3 unspecified atom stereocenters. The highest BCUT2D eigenvalue weighted by molar-refractivity contribution is 5.85. The van der Waals surface area contributed by atoms with Gasteiger partial charge < -0.3 is 15.4 Å². The number of fused-ring (bicyclic) bond motifs is 1. The highest BCUT2D eigenvalue weighted by atomic mass is 16.5. The third-order valence-electron chi connectivity index (χ3n) is 4.28. The molecule has 0 bridgehead atoms. The first-order chi connectivity index (χ1) is 9.16. The fourth-order valence-corrected chi connectivity index (χ4v) is 3.00. The predicted octanol–water partition coefficient (Wildman–Crippen LogP) is 1.36. The first-order valence-corrected chi connectivity index (χ1v) is 6.93. The van der Waals surface area contributed by atoms with E-state index >= 15 is 0 Å². The summed E-state index contributed by atoms with van der Waals surface area (Å²) < 4.78 is 5.59. The Morgan fingerprint density at radius 3 is 3.00 bits per heavy atom. The van der Waals surface area contributed by atoms with Crippen LogP contribution in [0.15, 0.2) is 24.3 Å². The Hall–Kier alpha value is -1.55. The zero-order chi connectivity index (χ0) is 13.4. The van der Waals surface area contributed by atoms with Crippen LogP contribution in [0.2, 0.25) is 0 Å². The maximum absolute atomic E-state index is 12.6. The molecule has 2 aliphatic rings. The lowest BCUT2D eigenvalue weighted by atomic mass is 9.99. The maximum atomic E-state index is 12.6. The van der Waals surface area contributed by atoms with Crippen molar-refractivity contribution in [1.82, 2.24) is 4.90 Å². The fourth-order valence-electron chi connectivity index (χ4n) is 3.00. The number of nitrogens with zero attached hydrogens (tertiary/aromatic N) is 1. The van der Waals surface area contributed by atoms with E-state index in [1.54, 1.807) is 0 Å². The molecule has 0 aliphatic carbocycles. The summed E-state index contributed by atoms with van der Waals surface area (Å²) in [7, 11) is 0. The molecule has 4 heteroatoms. The van der Waals surface area contributed by atoms with Crippen LogP contribution < -0.4 is 10.5 Å². The Labute approximate surface area is 113 Å². The van der Waals surface area contributed by atoms with Crippen LogP contribution in [0, 0.1) is 5.92 Å². The van der Waals surface area contributed by atoms with E-state index < -0.39 is 0 Å². The summed E-state index contributed by atoms with van der Waals surface area (Å²) in [5.41, 5.74) is 6.95. The minimum atomic E-state index is -0.136. The Bertz CT molecular complexity index is 487. The molecule has 0 aromatic heterocycles. The number of carbonyl (C=O) groups excluding carboxylic acids is 1. The van der Waals surface area contributed by atoms with Crippen molar-refractivity contribution in [3.8, 4) is 5.75 Å².